The van der Waals surface area contributed by atoms with Gasteiger partial charge in [-0.2, -0.15) is 0 Å². The molecule has 3 nitrogen and oxygen atoms in total. The highest BCUT2D eigenvalue weighted by molar-refractivity contribution is 5.78. The number of benzene rings is 1. The summed E-state index contributed by atoms with van der Waals surface area (Å²) in [6.45, 7) is 4.17. The lowest BCUT2D eigenvalue weighted by Gasteiger charge is -2.14. The molecule has 0 fully saturated rings. The Bertz CT molecular complexity index is 343. The largest absolute Gasteiger partial charge is 0.399 e. The fourth-order valence-electron chi connectivity index (χ4n) is 1.24. The summed E-state index contributed by atoms with van der Waals surface area (Å²) in [5.41, 5.74) is 7.25. The summed E-state index contributed by atoms with van der Waals surface area (Å²) >= 11 is 0. The van der Waals surface area contributed by atoms with Crippen LogP contribution in [0.25, 0.3) is 0 Å². The number of carbonyl (C=O) groups is 1. The van der Waals surface area contributed by atoms with Crippen molar-refractivity contribution in [1.82, 2.24) is 4.90 Å². The molecule has 0 atom stereocenters. The lowest BCUT2D eigenvalue weighted by atomic mass is 10.1. The molecule has 1 aromatic rings. The maximum absolute atomic E-state index is 11.6. The van der Waals surface area contributed by atoms with Gasteiger partial charge in [0.1, 0.15) is 0 Å². The van der Waals surface area contributed by atoms with Crippen LogP contribution in [-0.4, -0.2) is 24.4 Å². The zero-order valence-electron chi connectivity index (χ0n) is 8.94. The van der Waals surface area contributed by atoms with E-state index in [0.717, 1.165) is 5.56 Å². The Kier molecular flexibility index (Phi) is 3.92. The third-order valence-electron chi connectivity index (χ3n) is 2.16. The molecule has 0 saturated heterocycles. The summed E-state index contributed by atoms with van der Waals surface area (Å²) in [7, 11) is 1.77. The van der Waals surface area contributed by atoms with Crippen molar-refractivity contribution >= 4 is 11.6 Å². The van der Waals surface area contributed by atoms with Gasteiger partial charge in [-0.25, -0.2) is 0 Å². The average Bonchev–Trinajstić information content (AvgIpc) is 2.22. The smallest absolute Gasteiger partial charge is 0.227 e. The van der Waals surface area contributed by atoms with E-state index in [-0.39, 0.29) is 5.91 Å². The second kappa shape index (κ2) is 5.20. The highest BCUT2D eigenvalue weighted by Gasteiger charge is 2.07. The fourth-order valence-corrected chi connectivity index (χ4v) is 1.24. The molecule has 0 saturated carbocycles. The van der Waals surface area contributed by atoms with Gasteiger partial charge in [0.2, 0.25) is 5.91 Å². The molecule has 1 amide bonds. The highest BCUT2D eigenvalue weighted by Crippen LogP contribution is 2.07. The Hall–Kier alpha value is -1.77. The number of likely N-dealkylation sites (N-methyl/N-ethyl adjacent to an activating group) is 1. The van der Waals surface area contributed by atoms with Crippen LogP contribution in [0.1, 0.15) is 5.56 Å². The Labute approximate surface area is 90.2 Å². The van der Waals surface area contributed by atoms with Gasteiger partial charge < -0.3 is 10.6 Å². The number of rotatable bonds is 4. The van der Waals surface area contributed by atoms with Crippen molar-refractivity contribution in [3.63, 3.8) is 0 Å². The maximum atomic E-state index is 11.6. The van der Waals surface area contributed by atoms with Crippen LogP contribution in [0.15, 0.2) is 36.9 Å². The van der Waals surface area contributed by atoms with E-state index < -0.39 is 0 Å². The molecule has 1 aromatic carbocycles. The van der Waals surface area contributed by atoms with Crippen LogP contribution in [0.5, 0.6) is 0 Å². The Morgan fingerprint density at radius 2 is 2.07 bits per heavy atom. The third-order valence-corrected chi connectivity index (χ3v) is 2.16. The van der Waals surface area contributed by atoms with E-state index >= 15 is 0 Å². The molecule has 15 heavy (non-hydrogen) atoms. The van der Waals surface area contributed by atoms with Gasteiger partial charge in [-0.1, -0.05) is 18.2 Å². The van der Waals surface area contributed by atoms with Gasteiger partial charge in [-0.15, -0.1) is 6.58 Å². The van der Waals surface area contributed by atoms with Crippen molar-refractivity contribution < 1.29 is 4.79 Å². The minimum atomic E-state index is 0.0830. The summed E-state index contributed by atoms with van der Waals surface area (Å²) in [6, 6.07) is 7.34. The molecule has 0 aliphatic heterocycles. The fraction of sp³-hybridized carbons (Fsp3) is 0.250. The van der Waals surface area contributed by atoms with Crippen molar-refractivity contribution in [1.29, 1.82) is 0 Å². The minimum absolute atomic E-state index is 0.0830. The first kappa shape index (κ1) is 11.3. The van der Waals surface area contributed by atoms with Gasteiger partial charge >= 0.3 is 0 Å². The first-order chi connectivity index (χ1) is 7.13. The standard InChI is InChI=1S/C12H16N2O/c1-3-8-14(2)12(15)9-10-4-6-11(13)7-5-10/h3-7H,1,8-9,13H2,2H3. The van der Waals surface area contributed by atoms with Gasteiger partial charge in [0, 0.05) is 19.3 Å². The third kappa shape index (κ3) is 3.46. The van der Waals surface area contributed by atoms with E-state index in [0.29, 0.717) is 18.7 Å². The van der Waals surface area contributed by atoms with Crippen molar-refractivity contribution in [2.45, 2.75) is 6.42 Å². The van der Waals surface area contributed by atoms with E-state index in [1.165, 1.54) is 0 Å². The second-order valence-corrected chi connectivity index (χ2v) is 3.48. The normalized spacial score (nSPS) is 9.67. The molecular weight excluding hydrogens is 188 g/mol. The molecule has 0 aliphatic carbocycles. The number of hydrogen-bond donors (Lipinski definition) is 1. The molecule has 3 heteroatoms. The first-order valence-corrected chi connectivity index (χ1v) is 4.82. The molecule has 0 aromatic heterocycles. The predicted molar refractivity (Wildman–Crippen MR) is 62.4 cm³/mol. The second-order valence-electron chi connectivity index (χ2n) is 3.48. The van der Waals surface area contributed by atoms with Gasteiger partial charge in [0.25, 0.3) is 0 Å². The number of hydrogen-bond acceptors (Lipinski definition) is 2. The topological polar surface area (TPSA) is 46.3 Å². The summed E-state index contributed by atoms with van der Waals surface area (Å²) in [5.74, 6) is 0.0830. The molecule has 0 radical (unpaired) electrons. The quantitative estimate of drug-likeness (QED) is 0.596. The summed E-state index contributed by atoms with van der Waals surface area (Å²) < 4.78 is 0. The van der Waals surface area contributed by atoms with E-state index in [1.54, 1.807) is 30.2 Å². The van der Waals surface area contributed by atoms with Gasteiger partial charge in [-0.05, 0) is 17.7 Å². The monoisotopic (exact) mass is 204 g/mol. The number of carbonyl (C=O) groups excluding carboxylic acids is 1. The van der Waals surface area contributed by atoms with Crippen LogP contribution >= 0.6 is 0 Å². The van der Waals surface area contributed by atoms with Crippen molar-refractivity contribution in [3.8, 4) is 0 Å². The van der Waals surface area contributed by atoms with E-state index in [1.807, 2.05) is 12.1 Å². The van der Waals surface area contributed by atoms with Crippen LogP contribution < -0.4 is 5.73 Å². The van der Waals surface area contributed by atoms with E-state index in [4.69, 9.17) is 5.73 Å². The molecule has 0 heterocycles. The molecule has 0 unspecified atom stereocenters. The molecule has 2 N–H and O–H groups in total. The minimum Gasteiger partial charge on any atom is -0.399 e. The molecular formula is C12H16N2O. The Morgan fingerprint density at radius 3 is 2.60 bits per heavy atom. The molecule has 1 rings (SSSR count). The first-order valence-electron chi connectivity index (χ1n) is 4.82. The zero-order chi connectivity index (χ0) is 11.3. The summed E-state index contributed by atoms with van der Waals surface area (Å²) in [5, 5.41) is 0. The van der Waals surface area contributed by atoms with E-state index in [2.05, 4.69) is 6.58 Å². The van der Waals surface area contributed by atoms with E-state index in [9.17, 15) is 4.79 Å². The van der Waals surface area contributed by atoms with Crippen molar-refractivity contribution in [2.24, 2.45) is 0 Å². The van der Waals surface area contributed by atoms with Crippen LogP contribution in [0.4, 0.5) is 5.69 Å². The van der Waals surface area contributed by atoms with Gasteiger partial charge in [-0.3, -0.25) is 4.79 Å². The van der Waals surface area contributed by atoms with Crippen LogP contribution in [-0.2, 0) is 11.2 Å². The number of nitrogens with zero attached hydrogens (tertiary/aromatic N) is 1. The summed E-state index contributed by atoms with van der Waals surface area (Å²) in [6.07, 6.45) is 2.12. The van der Waals surface area contributed by atoms with Crippen LogP contribution in [0, 0.1) is 0 Å². The van der Waals surface area contributed by atoms with Crippen LogP contribution in [0.3, 0.4) is 0 Å². The van der Waals surface area contributed by atoms with Crippen molar-refractivity contribution in [2.75, 3.05) is 19.3 Å². The SMILES string of the molecule is C=CCN(C)C(=O)Cc1ccc(N)cc1. The van der Waals surface area contributed by atoms with Crippen molar-refractivity contribution in [3.05, 3.63) is 42.5 Å². The number of anilines is 1. The highest BCUT2D eigenvalue weighted by atomic mass is 16.2. The van der Waals surface area contributed by atoms with Gasteiger partial charge in [0.05, 0.1) is 6.42 Å². The lowest BCUT2D eigenvalue weighted by molar-refractivity contribution is -0.128. The average molecular weight is 204 g/mol. The molecule has 0 spiro atoms. The number of nitrogens with two attached hydrogens (primary N) is 1. The molecule has 0 bridgehead atoms. The maximum Gasteiger partial charge on any atom is 0.227 e. The number of nitrogen functional groups attached to an aromatic ring is 1. The number of amides is 1. The van der Waals surface area contributed by atoms with Gasteiger partial charge in [0.15, 0.2) is 0 Å². The Morgan fingerprint density at radius 1 is 1.47 bits per heavy atom. The summed E-state index contributed by atoms with van der Waals surface area (Å²) in [4.78, 5) is 13.3. The lowest BCUT2D eigenvalue weighted by Crippen LogP contribution is -2.28. The molecule has 0 aliphatic rings. The predicted octanol–water partition coefficient (Wildman–Crippen LogP) is 1.46. The Balaban J connectivity index is 2.58. The zero-order valence-corrected chi connectivity index (χ0v) is 8.94. The van der Waals surface area contributed by atoms with Crippen LogP contribution in [0.2, 0.25) is 0 Å². The molecule has 80 valence electrons.